The van der Waals surface area contributed by atoms with Crippen LogP contribution in [0.5, 0.6) is 5.75 Å². The van der Waals surface area contributed by atoms with Gasteiger partial charge in [-0.25, -0.2) is 15.2 Å². The van der Waals surface area contributed by atoms with Gasteiger partial charge in [0.1, 0.15) is 5.75 Å². The van der Waals surface area contributed by atoms with Gasteiger partial charge in [-0.2, -0.15) is 0 Å². The quantitative estimate of drug-likeness (QED) is 0.682. The number of thiazole rings is 1. The number of methoxy groups -OCH3 is 2. The highest BCUT2D eigenvalue weighted by Gasteiger charge is 2.34. The number of nitrogens with one attached hydrogen (secondary N) is 3. The molecule has 1 aliphatic heterocycles. The van der Waals surface area contributed by atoms with Gasteiger partial charge in [-0.1, -0.05) is 12.1 Å². The molecule has 3 N–H and O–H groups in total. The van der Waals surface area contributed by atoms with Crippen LogP contribution in [0.2, 0.25) is 0 Å². The lowest BCUT2D eigenvalue weighted by molar-refractivity contribution is -0.119. The molecule has 26 heavy (non-hydrogen) atoms. The van der Waals surface area contributed by atoms with E-state index < -0.39 is 5.97 Å². The highest BCUT2D eigenvalue weighted by molar-refractivity contribution is 7.16. The molecule has 1 amide bonds. The Morgan fingerprint density at radius 2 is 2.00 bits per heavy atom. The number of anilines is 1. The second-order valence-corrected chi connectivity index (χ2v) is 6.99. The van der Waals surface area contributed by atoms with Crippen molar-refractivity contribution in [2.24, 2.45) is 5.92 Å². The fraction of sp³-hybridized carbons (Fsp3) is 0.353. The molecule has 1 fully saturated rings. The molecule has 0 aliphatic carbocycles. The molecule has 0 saturated carbocycles. The van der Waals surface area contributed by atoms with Crippen molar-refractivity contribution >= 4 is 28.3 Å². The lowest BCUT2D eigenvalue weighted by atomic mass is 9.94. The lowest BCUT2D eigenvalue weighted by Gasteiger charge is -2.18. The van der Waals surface area contributed by atoms with E-state index in [0.717, 1.165) is 11.3 Å². The number of esters is 1. The minimum absolute atomic E-state index is 0.173. The average molecular weight is 376 g/mol. The van der Waals surface area contributed by atoms with Gasteiger partial charge < -0.3 is 14.8 Å². The third-order valence-electron chi connectivity index (χ3n) is 4.20. The predicted octanol–water partition coefficient (Wildman–Crippen LogP) is 1.65. The fourth-order valence-corrected chi connectivity index (χ4v) is 3.61. The van der Waals surface area contributed by atoms with Crippen molar-refractivity contribution in [2.45, 2.75) is 13.0 Å². The summed E-state index contributed by atoms with van der Waals surface area (Å²) in [6, 6.07) is 7.38. The molecule has 138 valence electrons. The minimum atomic E-state index is -0.514. The molecule has 0 bridgehead atoms. The van der Waals surface area contributed by atoms with E-state index in [1.54, 1.807) is 14.0 Å². The van der Waals surface area contributed by atoms with Crippen LogP contribution in [0.15, 0.2) is 24.3 Å². The molecule has 1 saturated heterocycles. The topological polar surface area (TPSA) is 102 Å². The summed E-state index contributed by atoms with van der Waals surface area (Å²) in [5.41, 5.74) is 7.35. The van der Waals surface area contributed by atoms with Crippen LogP contribution in [0.3, 0.4) is 0 Å². The summed E-state index contributed by atoms with van der Waals surface area (Å²) < 4.78 is 9.86. The van der Waals surface area contributed by atoms with Crippen LogP contribution in [0, 0.1) is 12.8 Å². The maximum atomic E-state index is 12.7. The summed E-state index contributed by atoms with van der Waals surface area (Å²) in [5, 5.41) is 3.19. The molecule has 9 heteroatoms. The Morgan fingerprint density at radius 1 is 1.27 bits per heavy atom. The van der Waals surface area contributed by atoms with E-state index in [1.807, 2.05) is 24.3 Å². The Kier molecular flexibility index (Phi) is 5.50. The van der Waals surface area contributed by atoms with Crippen molar-refractivity contribution in [3.63, 3.8) is 0 Å². The van der Waals surface area contributed by atoms with Crippen LogP contribution in [0.4, 0.5) is 5.13 Å². The number of hydrazine groups is 1. The van der Waals surface area contributed by atoms with Gasteiger partial charge >= 0.3 is 5.97 Å². The second-order valence-electron chi connectivity index (χ2n) is 5.79. The van der Waals surface area contributed by atoms with Gasteiger partial charge in [-0.05, 0) is 24.6 Å². The van der Waals surface area contributed by atoms with E-state index >= 15 is 0 Å². The van der Waals surface area contributed by atoms with Crippen LogP contribution in [-0.4, -0.2) is 37.6 Å². The number of nitrogens with zero attached hydrogens (tertiary/aromatic N) is 1. The number of ether oxygens (including phenoxy) is 2. The first-order valence-electron chi connectivity index (χ1n) is 8.02. The van der Waals surface area contributed by atoms with E-state index in [2.05, 4.69) is 21.2 Å². The summed E-state index contributed by atoms with van der Waals surface area (Å²) >= 11 is 1.25. The van der Waals surface area contributed by atoms with Crippen molar-refractivity contribution in [3.05, 3.63) is 40.4 Å². The highest BCUT2D eigenvalue weighted by atomic mass is 32.1. The summed E-state index contributed by atoms with van der Waals surface area (Å²) in [6.07, 6.45) is 0. The monoisotopic (exact) mass is 376 g/mol. The fourth-order valence-electron chi connectivity index (χ4n) is 2.80. The van der Waals surface area contributed by atoms with Crippen LogP contribution in [0.1, 0.15) is 27.0 Å². The van der Waals surface area contributed by atoms with Gasteiger partial charge in [-0.15, -0.1) is 11.3 Å². The normalized spacial score (nSPS) is 19.2. The maximum absolute atomic E-state index is 12.7. The van der Waals surface area contributed by atoms with Gasteiger partial charge in [0.2, 0.25) is 5.91 Å². The third-order valence-corrected chi connectivity index (χ3v) is 5.09. The molecule has 0 radical (unpaired) electrons. The van der Waals surface area contributed by atoms with Gasteiger partial charge in [0, 0.05) is 11.4 Å². The number of aromatic nitrogens is 1. The molecule has 2 unspecified atom stereocenters. The molecule has 2 aromatic rings. The highest BCUT2D eigenvalue weighted by Crippen LogP contribution is 2.29. The number of benzene rings is 1. The molecule has 1 aromatic carbocycles. The molecule has 3 rings (SSSR count). The van der Waals surface area contributed by atoms with E-state index in [-0.39, 0.29) is 23.6 Å². The smallest absolute Gasteiger partial charge is 0.357 e. The van der Waals surface area contributed by atoms with Gasteiger partial charge in [-0.3, -0.25) is 10.2 Å². The lowest BCUT2D eigenvalue weighted by Crippen LogP contribution is -2.29. The van der Waals surface area contributed by atoms with Crippen LogP contribution in [0.25, 0.3) is 0 Å². The first-order chi connectivity index (χ1) is 12.5. The summed E-state index contributed by atoms with van der Waals surface area (Å²) in [6.45, 7) is 2.25. The SMILES string of the molecule is COC(=O)c1nc(NC(=O)C2CNNC2c2ccc(OC)cc2)sc1C. The second kappa shape index (κ2) is 7.81. The van der Waals surface area contributed by atoms with E-state index in [0.29, 0.717) is 16.6 Å². The molecular weight excluding hydrogens is 356 g/mol. The van der Waals surface area contributed by atoms with E-state index in [4.69, 9.17) is 9.47 Å². The number of hydrogen-bond acceptors (Lipinski definition) is 8. The van der Waals surface area contributed by atoms with Crippen molar-refractivity contribution < 1.29 is 19.1 Å². The minimum Gasteiger partial charge on any atom is -0.497 e. The molecule has 2 heterocycles. The van der Waals surface area contributed by atoms with Crippen LogP contribution >= 0.6 is 11.3 Å². The first kappa shape index (κ1) is 18.3. The van der Waals surface area contributed by atoms with Crippen LogP contribution < -0.4 is 20.9 Å². The van der Waals surface area contributed by atoms with Crippen molar-refractivity contribution in [2.75, 3.05) is 26.1 Å². The van der Waals surface area contributed by atoms with Crippen LogP contribution in [-0.2, 0) is 9.53 Å². The Labute approximate surface area is 154 Å². The summed E-state index contributed by atoms with van der Waals surface area (Å²) in [4.78, 5) is 29.2. The molecule has 1 aromatic heterocycles. The number of carbonyl (C=O) groups is 2. The molecule has 8 nitrogen and oxygen atoms in total. The Hall–Kier alpha value is -2.49. The summed E-state index contributed by atoms with van der Waals surface area (Å²) in [5.74, 6) is -0.253. The zero-order valence-corrected chi connectivity index (χ0v) is 15.5. The number of carbonyl (C=O) groups excluding carboxylic acids is 2. The molecule has 1 aliphatic rings. The number of amides is 1. The predicted molar refractivity (Wildman–Crippen MR) is 97.2 cm³/mol. The van der Waals surface area contributed by atoms with E-state index in [1.165, 1.54) is 18.4 Å². The van der Waals surface area contributed by atoms with Crippen molar-refractivity contribution in [1.29, 1.82) is 0 Å². The Morgan fingerprint density at radius 3 is 2.65 bits per heavy atom. The Bertz CT molecular complexity index is 806. The molecule has 2 atom stereocenters. The molecule has 0 spiro atoms. The standard InChI is InChI=1S/C17H20N4O4S/c1-9-13(16(23)25-3)19-17(26-9)20-15(22)12-8-18-21-14(12)10-4-6-11(24-2)7-5-10/h4-7,12,14,18,21H,8H2,1-3H3,(H,19,20,22). The number of hydrogen-bond donors (Lipinski definition) is 3. The Balaban J connectivity index is 1.73. The van der Waals surface area contributed by atoms with Gasteiger partial charge in [0.15, 0.2) is 10.8 Å². The zero-order valence-electron chi connectivity index (χ0n) is 14.7. The van der Waals surface area contributed by atoms with Crippen molar-refractivity contribution in [1.82, 2.24) is 15.8 Å². The summed E-state index contributed by atoms with van der Waals surface area (Å²) in [7, 11) is 2.91. The van der Waals surface area contributed by atoms with E-state index in [9.17, 15) is 9.59 Å². The first-order valence-corrected chi connectivity index (χ1v) is 8.84. The molecular formula is C17H20N4O4S. The zero-order chi connectivity index (χ0) is 18.7. The maximum Gasteiger partial charge on any atom is 0.357 e. The average Bonchev–Trinajstić information content (AvgIpc) is 3.28. The van der Waals surface area contributed by atoms with Crippen molar-refractivity contribution in [3.8, 4) is 5.75 Å². The number of aryl methyl sites for hydroxylation is 1. The van der Waals surface area contributed by atoms with Gasteiger partial charge in [0.25, 0.3) is 0 Å². The largest absolute Gasteiger partial charge is 0.497 e. The third kappa shape index (κ3) is 3.69. The van der Waals surface area contributed by atoms with Gasteiger partial charge in [0.05, 0.1) is 26.2 Å². The number of rotatable bonds is 5.